The number of hydrogen-bond donors (Lipinski definition) is 2. The Bertz CT molecular complexity index is 630. The third-order valence-electron chi connectivity index (χ3n) is 4.67. The van der Waals surface area contributed by atoms with E-state index in [0.717, 1.165) is 56.6 Å². The van der Waals surface area contributed by atoms with Crippen molar-refractivity contribution in [3.63, 3.8) is 0 Å². The van der Waals surface area contributed by atoms with Crippen molar-refractivity contribution in [1.82, 2.24) is 15.1 Å². The van der Waals surface area contributed by atoms with Gasteiger partial charge in [0.2, 0.25) is 0 Å². The molecule has 1 aliphatic heterocycles. The van der Waals surface area contributed by atoms with Gasteiger partial charge in [-0.15, -0.1) is 0 Å². The summed E-state index contributed by atoms with van der Waals surface area (Å²) in [5, 5.41) is 5.90. The predicted octanol–water partition coefficient (Wildman–Crippen LogP) is 2.68. The van der Waals surface area contributed by atoms with Crippen LogP contribution in [0.15, 0.2) is 24.3 Å². The second-order valence-electron chi connectivity index (χ2n) is 7.49. The van der Waals surface area contributed by atoms with Crippen molar-refractivity contribution < 1.29 is 14.3 Å². The normalized spacial score (nSPS) is 16.2. The molecule has 1 heterocycles. The van der Waals surface area contributed by atoms with Crippen molar-refractivity contribution in [3.8, 4) is 0 Å². The Balaban J connectivity index is 1.84. The first-order valence-electron chi connectivity index (χ1n) is 10.2. The van der Waals surface area contributed by atoms with E-state index in [-0.39, 0.29) is 18.0 Å². The maximum atomic E-state index is 12.5. The molecule has 1 aromatic carbocycles. The molecule has 0 aromatic heterocycles. The van der Waals surface area contributed by atoms with Crippen LogP contribution in [0.2, 0.25) is 0 Å². The first-order valence-corrected chi connectivity index (χ1v) is 10.2. The van der Waals surface area contributed by atoms with Crippen LogP contribution in [0.25, 0.3) is 0 Å². The third kappa shape index (κ3) is 7.48. The highest BCUT2D eigenvalue weighted by Gasteiger charge is 2.23. The number of amides is 3. The standard InChI is InChI=1S/C21H34N4O3/c1-4-11-25(13-7-12-24(2)3)21(27)22-16-17-8-5-9-18(15-17)23-20(26)19-10-6-14-28-19/h5,8-9,15,19H,4,6-7,10-14,16H2,1-3H3,(H,22,27)(H,23,26)/t19-/m1/s1. The van der Waals surface area contributed by atoms with Crippen LogP contribution in [0.3, 0.4) is 0 Å². The lowest BCUT2D eigenvalue weighted by molar-refractivity contribution is -0.124. The summed E-state index contributed by atoms with van der Waals surface area (Å²) in [5.74, 6) is -0.103. The third-order valence-corrected chi connectivity index (χ3v) is 4.67. The molecule has 0 unspecified atom stereocenters. The van der Waals surface area contributed by atoms with Gasteiger partial charge in [0.15, 0.2) is 0 Å². The average Bonchev–Trinajstić information content (AvgIpc) is 3.20. The van der Waals surface area contributed by atoms with E-state index in [1.807, 2.05) is 43.3 Å². The number of carbonyl (C=O) groups is 2. The Morgan fingerprint density at radius 3 is 2.71 bits per heavy atom. The van der Waals surface area contributed by atoms with Crippen LogP contribution in [-0.2, 0) is 16.1 Å². The minimum absolute atomic E-state index is 0.0469. The van der Waals surface area contributed by atoms with Crippen molar-refractivity contribution in [3.05, 3.63) is 29.8 Å². The molecule has 7 nitrogen and oxygen atoms in total. The molecule has 0 radical (unpaired) electrons. The fourth-order valence-corrected chi connectivity index (χ4v) is 3.22. The van der Waals surface area contributed by atoms with E-state index in [1.54, 1.807) is 0 Å². The molecule has 28 heavy (non-hydrogen) atoms. The number of benzene rings is 1. The van der Waals surface area contributed by atoms with Crippen molar-refractivity contribution >= 4 is 17.6 Å². The Morgan fingerprint density at radius 2 is 2.04 bits per heavy atom. The fourth-order valence-electron chi connectivity index (χ4n) is 3.22. The van der Waals surface area contributed by atoms with Crippen LogP contribution in [0.5, 0.6) is 0 Å². The molecule has 156 valence electrons. The summed E-state index contributed by atoms with van der Waals surface area (Å²) in [6, 6.07) is 7.52. The number of hydrogen-bond acceptors (Lipinski definition) is 4. The zero-order valence-electron chi connectivity index (χ0n) is 17.4. The Labute approximate surface area is 168 Å². The summed E-state index contributed by atoms with van der Waals surface area (Å²) in [6.07, 6.45) is 3.22. The van der Waals surface area contributed by atoms with E-state index in [2.05, 4.69) is 22.5 Å². The molecule has 0 bridgehead atoms. The monoisotopic (exact) mass is 390 g/mol. The summed E-state index contributed by atoms with van der Waals surface area (Å²) in [4.78, 5) is 28.7. The number of urea groups is 1. The molecule has 2 rings (SSSR count). The van der Waals surface area contributed by atoms with Gasteiger partial charge in [-0.05, 0) is 64.0 Å². The molecule has 0 aliphatic carbocycles. The van der Waals surface area contributed by atoms with E-state index < -0.39 is 0 Å². The van der Waals surface area contributed by atoms with Gasteiger partial charge in [-0.25, -0.2) is 4.79 Å². The van der Waals surface area contributed by atoms with Crippen LogP contribution < -0.4 is 10.6 Å². The maximum Gasteiger partial charge on any atom is 0.317 e. The van der Waals surface area contributed by atoms with Gasteiger partial charge in [0.1, 0.15) is 6.10 Å². The lowest BCUT2D eigenvalue weighted by Gasteiger charge is -2.23. The summed E-state index contributed by atoms with van der Waals surface area (Å²) in [7, 11) is 4.07. The van der Waals surface area contributed by atoms with Gasteiger partial charge >= 0.3 is 6.03 Å². The predicted molar refractivity (Wildman–Crippen MR) is 111 cm³/mol. The first-order chi connectivity index (χ1) is 13.5. The number of carbonyl (C=O) groups excluding carboxylic acids is 2. The maximum absolute atomic E-state index is 12.5. The minimum Gasteiger partial charge on any atom is -0.368 e. The van der Waals surface area contributed by atoms with Gasteiger partial charge in [-0.1, -0.05) is 19.1 Å². The smallest absolute Gasteiger partial charge is 0.317 e. The largest absolute Gasteiger partial charge is 0.368 e. The van der Waals surface area contributed by atoms with Crippen molar-refractivity contribution in [1.29, 1.82) is 0 Å². The number of ether oxygens (including phenoxy) is 1. The van der Waals surface area contributed by atoms with Crippen LogP contribution in [0.1, 0.15) is 38.2 Å². The highest BCUT2D eigenvalue weighted by Crippen LogP contribution is 2.16. The molecule has 7 heteroatoms. The molecule has 0 spiro atoms. The zero-order chi connectivity index (χ0) is 20.4. The summed E-state index contributed by atoms with van der Waals surface area (Å²) in [6.45, 7) is 5.60. The molecule has 3 amide bonds. The van der Waals surface area contributed by atoms with Crippen LogP contribution in [-0.4, -0.2) is 68.2 Å². The molecular weight excluding hydrogens is 356 g/mol. The Kier molecular flexibility index (Phi) is 9.23. The van der Waals surface area contributed by atoms with Crippen LogP contribution in [0, 0.1) is 0 Å². The van der Waals surface area contributed by atoms with Gasteiger partial charge < -0.3 is 25.2 Å². The van der Waals surface area contributed by atoms with Crippen LogP contribution in [0.4, 0.5) is 10.5 Å². The van der Waals surface area contributed by atoms with Crippen LogP contribution >= 0.6 is 0 Å². The lowest BCUT2D eigenvalue weighted by atomic mass is 10.2. The minimum atomic E-state index is -0.354. The molecular formula is C21H34N4O3. The fraction of sp³-hybridized carbons (Fsp3) is 0.619. The second kappa shape index (κ2) is 11.7. The van der Waals surface area contributed by atoms with Crippen molar-refractivity contribution in [2.24, 2.45) is 0 Å². The number of nitrogens with one attached hydrogen (secondary N) is 2. The van der Waals surface area contributed by atoms with Crippen molar-refractivity contribution in [2.75, 3.05) is 45.7 Å². The van der Waals surface area contributed by atoms with Gasteiger partial charge in [-0.3, -0.25) is 4.79 Å². The summed E-state index contributed by atoms with van der Waals surface area (Å²) >= 11 is 0. The van der Waals surface area contributed by atoms with E-state index in [9.17, 15) is 9.59 Å². The van der Waals surface area contributed by atoms with E-state index in [0.29, 0.717) is 13.2 Å². The first kappa shape index (κ1) is 22.2. The second-order valence-corrected chi connectivity index (χ2v) is 7.49. The molecule has 0 saturated carbocycles. The highest BCUT2D eigenvalue weighted by molar-refractivity contribution is 5.94. The van der Waals surface area contributed by atoms with Crippen molar-refractivity contribution in [2.45, 2.75) is 45.3 Å². The van der Waals surface area contributed by atoms with Gasteiger partial charge in [0.25, 0.3) is 5.91 Å². The molecule has 1 saturated heterocycles. The average molecular weight is 391 g/mol. The van der Waals surface area contributed by atoms with E-state index in [1.165, 1.54) is 0 Å². The van der Waals surface area contributed by atoms with Gasteiger partial charge in [0, 0.05) is 31.9 Å². The Morgan fingerprint density at radius 1 is 1.21 bits per heavy atom. The van der Waals surface area contributed by atoms with Gasteiger partial charge in [-0.2, -0.15) is 0 Å². The molecule has 1 atom stereocenters. The van der Waals surface area contributed by atoms with Gasteiger partial charge in [0.05, 0.1) is 0 Å². The summed E-state index contributed by atoms with van der Waals surface area (Å²) < 4.78 is 5.41. The van der Waals surface area contributed by atoms with E-state index >= 15 is 0 Å². The zero-order valence-corrected chi connectivity index (χ0v) is 17.4. The topological polar surface area (TPSA) is 73.9 Å². The molecule has 1 aliphatic rings. The SMILES string of the molecule is CCCN(CCCN(C)C)C(=O)NCc1cccc(NC(=O)[C@H]2CCCO2)c1. The quantitative estimate of drug-likeness (QED) is 0.644. The Hall–Kier alpha value is -2.12. The molecule has 1 fully saturated rings. The molecule has 1 aromatic rings. The molecule has 2 N–H and O–H groups in total. The number of anilines is 1. The van der Waals surface area contributed by atoms with E-state index in [4.69, 9.17) is 4.74 Å². The number of rotatable bonds is 10. The lowest BCUT2D eigenvalue weighted by Crippen LogP contribution is -2.41. The highest BCUT2D eigenvalue weighted by atomic mass is 16.5. The summed E-state index contributed by atoms with van der Waals surface area (Å²) in [5.41, 5.74) is 1.67. The number of nitrogens with zero attached hydrogens (tertiary/aromatic N) is 2.